The maximum Gasteiger partial charge on any atom is 0.272 e. The van der Waals surface area contributed by atoms with Crippen LogP contribution in [0.3, 0.4) is 0 Å². The van der Waals surface area contributed by atoms with Gasteiger partial charge >= 0.3 is 0 Å². The molecule has 7 heteroatoms. The summed E-state index contributed by atoms with van der Waals surface area (Å²) in [5.41, 5.74) is 2.13. The first-order chi connectivity index (χ1) is 13.6. The normalized spacial score (nSPS) is 26.4. The zero-order chi connectivity index (χ0) is 19.3. The second-order valence-corrected chi connectivity index (χ2v) is 8.38. The summed E-state index contributed by atoms with van der Waals surface area (Å²) in [4.78, 5) is 27.5. The first-order valence-corrected chi connectivity index (χ1v) is 10.5. The number of fused-ring (bicyclic) bond motifs is 4. The van der Waals surface area contributed by atoms with Gasteiger partial charge in [-0.05, 0) is 69.8 Å². The van der Waals surface area contributed by atoms with Crippen molar-refractivity contribution in [1.82, 2.24) is 20.0 Å². The van der Waals surface area contributed by atoms with Crippen LogP contribution >= 0.6 is 0 Å². The molecule has 3 aliphatic heterocycles. The molecule has 1 aromatic carbocycles. The Morgan fingerprint density at radius 2 is 1.96 bits per heavy atom. The van der Waals surface area contributed by atoms with Crippen molar-refractivity contribution in [2.24, 2.45) is 11.8 Å². The summed E-state index contributed by atoms with van der Waals surface area (Å²) in [6.45, 7) is 5.93. The number of rotatable bonds is 5. The lowest BCUT2D eigenvalue weighted by Crippen LogP contribution is -2.57. The van der Waals surface area contributed by atoms with Gasteiger partial charge in [-0.25, -0.2) is 0 Å². The van der Waals surface area contributed by atoms with Crippen molar-refractivity contribution in [2.75, 3.05) is 25.0 Å². The highest BCUT2D eigenvalue weighted by atomic mass is 16.2. The SMILES string of the molecule is CCn1nc(C(=O)N[C@@H]2CN3CCC2CC3)c2ccc(NC(=O)C3CC3)cc21. The quantitative estimate of drug-likeness (QED) is 0.832. The van der Waals surface area contributed by atoms with Crippen molar-refractivity contribution in [2.45, 2.75) is 45.2 Å². The van der Waals surface area contributed by atoms with E-state index in [1.165, 1.54) is 12.8 Å². The third kappa shape index (κ3) is 3.17. The van der Waals surface area contributed by atoms with E-state index in [1.807, 2.05) is 29.8 Å². The minimum Gasteiger partial charge on any atom is -0.346 e. The first kappa shape index (κ1) is 17.7. The van der Waals surface area contributed by atoms with Crippen LogP contribution < -0.4 is 10.6 Å². The number of carbonyl (C=O) groups is 2. The second-order valence-electron chi connectivity index (χ2n) is 8.38. The zero-order valence-electron chi connectivity index (χ0n) is 16.3. The molecule has 4 aliphatic rings. The lowest BCUT2D eigenvalue weighted by molar-refractivity contribution is -0.117. The lowest BCUT2D eigenvalue weighted by atomic mass is 9.84. The molecule has 0 radical (unpaired) electrons. The number of hydrogen-bond acceptors (Lipinski definition) is 4. The molecule has 0 spiro atoms. The largest absolute Gasteiger partial charge is 0.346 e. The van der Waals surface area contributed by atoms with Crippen molar-refractivity contribution in [3.05, 3.63) is 23.9 Å². The Balaban J connectivity index is 1.39. The molecule has 6 rings (SSSR count). The molecule has 4 fully saturated rings. The fourth-order valence-corrected chi connectivity index (χ4v) is 4.62. The van der Waals surface area contributed by atoms with Crippen LogP contribution in [0.2, 0.25) is 0 Å². The molecule has 148 valence electrons. The molecule has 1 saturated carbocycles. The van der Waals surface area contributed by atoms with E-state index in [0.717, 1.165) is 49.1 Å². The minimum absolute atomic E-state index is 0.0854. The maximum absolute atomic E-state index is 13.0. The summed E-state index contributed by atoms with van der Waals surface area (Å²) in [6, 6.07) is 5.92. The highest BCUT2D eigenvalue weighted by molar-refractivity contribution is 6.06. The Morgan fingerprint density at radius 3 is 2.61 bits per heavy atom. The van der Waals surface area contributed by atoms with E-state index in [9.17, 15) is 9.59 Å². The standard InChI is InChI=1S/C21H27N5O2/c1-2-26-18-11-15(22-20(27)14-3-4-14)5-6-16(18)19(24-26)21(28)23-17-12-25-9-7-13(17)8-10-25/h5-6,11,13-14,17H,2-4,7-10,12H2,1H3,(H,22,27)(H,23,28)/t17-/m1/s1. The van der Waals surface area contributed by atoms with Crippen molar-refractivity contribution < 1.29 is 9.59 Å². The number of nitrogens with one attached hydrogen (secondary N) is 2. The third-order valence-corrected chi connectivity index (χ3v) is 6.45. The molecule has 2 bridgehead atoms. The van der Waals surface area contributed by atoms with Crippen molar-refractivity contribution in [3.8, 4) is 0 Å². The summed E-state index contributed by atoms with van der Waals surface area (Å²) in [6.07, 6.45) is 4.29. The number of hydrogen-bond donors (Lipinski definition) is 2. The smallest absolute Gasteiger partial charge is 0.272 e. The molecule has 7 nitrogen and oxygen atoms in total. The lowest BCUT2D eigenvalue weighted by Gasteiger charge is -2.44. The van der Waals surface area contributed by atoms with E-state index in [4.69, 9.17) is 0 Å². The highest BCUT2D eigenvalue weighted by Crippen LogP contribution is 2.31. The summed E-state index contributed by atoms with van der Waals surface area (Å²) in [7, 11) is 0. The van der Waals surface area contributed by atoms with Crippen molar-refractivity contribution >= 4 is 28.4 Å². The Hall–Kier alpha value is -2.41. The molecule has 1 aliphatic carbocycles. The molecule has 1 atom stereocenters. The van der Waals surface area contributed by atoms with E-state index < -0.39 is 0 Å². The summed E-state index contributed by atoms with van der Waals surface area (Å²) < 4.78 is 1.84. The number of aryl methyl sites for hydroxylation is 1. The van der Waals surface area contributed by atoms with Crippen LogP contribution in [0.5, 0.6) is 0 Å². The third-order valence-electron chi connectivity index (χ3n) is 6.45. The van der Waals surface area contributed by atoms with Gasteiger partial charge in [0.05, 0.1) is 5.52 Å². The Kier molecular flexibility index (Phi) is 4.34. The molecule has 28 heavy (non-hydrogen) atoms. The predicted octanol–water partition coefficient (Wildman–Crippen LogP) is 2.23. The fourth-order valence-electron chi connectivity index (χ4n) is 4.62. The summed E-state index contributed by atoms with van der Waals surface area (Å²) in [5.74, 6) is 0.736. The number of carbonyl (C=O) groups excluding carboxylic acids is 2. The molecule has 3 saturated heterocycles. The molecule has 0 unspecified atom stereocenters. The van der Waals surface area contributed by atoms with Crippen LogP contribution in [0.25, 0.3) is 10.9 Å². The van der Waals surface area contributed by atoms with Crippen LogP contribution in [0.15, 0.2) is 18.2 Å². The van der Waals surface area contributed by atoms with E-state index >= 15 is 0 Å². The van der Waals surface area contributed by atoms with Gasteiger partial charge in [0.15, 0.2) is 5.69 Å². The zero-order valence-corrected chi connectivity index (χ0v) is 16.3. The maximum atomic E-state index is 13.0. The Morgan fingerprint density at radius 1 is 1.18 bits per heavy atom. The topological polar surface area (TPSA) is 79.3 Å². The highest BCUT2D eigenvalue weighted by Gasteiger charge is 2.35. The summed E-state index contributed by atoms with van der Waals surface area (Å²) in [5, 5.41) is 11.6. The van der Waals surface area contributed by atoms with Gasteiger partial charge in [-0.2, -0.15) is 5.10 Å². The molecule has 2 aromatic rings. The van der Waals surface area contributed by atoms with Gasteiger partial charge < -0.3 is 15.5 Å². The first-order valence-electron chi connectivity index (χ1n) is 10.5. The van der Waals surface area contributed by atoms with Crippen LogP contribution in [-0.2, 0) is 11.3 Å². The van der Waals surface area contributed by atoms with Gasteiger partial charge in [-0.1, -0.05) is 0 Å². The van der Waals surface area contributed by atoms with Gasteiger partial charge in [-0.3, -0.25) is 14.3 Å². The average Bonchev–Trinajstić information content (AvgIpc) is 3.50. The summed E-state index contributed by atoms with van der Waals surface area (Å²) >= 11 is 0. The number of nitrogens with zero attached hydrogens (tertiary/aromatic N) is 3. The van der Waals surface area contributed by atoms with Crippen LogP contribution in [0.1, 0.15) is 43.1 Å². The van der Waals surface area contributed by atoms with E-state index in [2.05, 4.69) is 20.6 Å². The monoisotopic (exact) mass is 381 g/mol. The molecule has 2 amide bonds. The van der Waals surface area contributed by atoms with Crippen molar-refractivity contribution in [3.63, 3.8) is 0 Å². The van der Waals surface area contributed by atoms with Gasteiger partial charge in [0.1, 0.15) is 0 Å². The van der Waals surface area contributed by atoms with Crippen molar-refractivity contribution in [1.29, 1.82) is 0 Å². The molecule has 1 aromatic heterocycles. The van der Waals surface area contributed by atoms with Crippen LogP contribution in [-0.4, -0.2) is 52.2 Å². The number of anilines is 1. The van der Waals surface area contributed by atoms with Gasteiger partial charge in [0.25, 0.3) is 5.91 Å². The molecular weight excluding hydrogens is 354 g/mol. The predicted molar refractivity (Wildman–Crippen MR) is 107 cm³/mol. The number of piperidine rings is 3. The number of amides is 2. The van der Waals surface area contributed by atoms with Gasteiger partial charge in [0.2, 0.25) is 5.91 Å². The van der Waals surface area contributed by atoms with E-state index in [-0.39, 0.29) is 23.8 Å². The number of benzene rings is 1. The minimum atomic E-state index is -0.0919. The van der Waals surface area contributed by atoms with Gasteiger partial charge in [0, 0.05) is 36.1 Å². The molecule has 4 heterocycles. The van der Waals surface area contributed by atoms with Gasteiger partial charge in [-0.15, -0.1) is 0 Å². The average molecular weight is 381 g/mol. The second kappa shape index (κ2) is 6.88. The molecule has 2 N–H and O–H groups in total. The fraction of sp³-hybridized carbons (Fsp3) is 0.571. The Labute approximate surface area is 164 Å². The Bertz CT molecular complexity index is 924. The van der Waals surface area contributed by atoms with E-state index in [0.29, 0.717) is 18.2 Å². The number of aromatic nitrogens is 2. The van der Waals surface area contributed by atoms with E-state index in [1.54, 1.807) is 0 Å². The molecular formula is C21H27N5O2. The van der Waals surface area contributed by atoms with Crippen LogP contribution in [0, 0.1) is 11.8 Å². The van der Waals surface area contributed by atoms with Crippen LogP contribution in [0.4, 0.5) is 5.69 Å².